The number of hydrazone groups is 1. The van der Waals surface area contributed by atoms with E-state index in [9.17, 15) is 9.90 Å². The number of carbonyl (C=O) groups excluding carboxylic acids is 1. The highest BCUT2D eigenvalue weighted by Gasteiger charge is 2.17. The third-order valence-electron chi connectivity index (χ3n) is 4.79. The van der Waals surface area contributed by atoms with E-state index in [1.54, 1.807) is 25.1 Å². The number of nitrogens with one attached hydrogen (secondary N) is 1. The van der Waals surface area contributed by atoms with Crippen LogP contribution in [-0.4, -0.2) is 54.3 Å². The van der Waals surface area contributed by atoms with Gasteiger partial charge in [0.2, 0.25) is 5.91 Å². The number of para-hydroxylation sites is 2. The van der Waals surface area contributed by atoms with Crippen molar-refractivity contribution in [2.24, 2.45) is 5.10 Å². The predicted octanol–water partition coefficient (Wildman–Crippen LogP) is 2.44. The van der Waals surface area contributed by atoms with Crippen LogP contribution in [0.15, 0.2) is 59.7 Å². The van der Waals surface area contributed by atoms with Crippen LogP contribution in [0.4, 0.5) is 5.69 Å². The summed E-state index contributed by atoms with van der Waals surface area (Å²) in [5, 5.41) is 13.9. The smallest absolute Gasteiger partial charge is 0.241 e. The Kier molecular flexibility index (Phi) is 6.44. The van der Waals surface area contributed by atoms with Gasteiger partial charge in [-0.15, -0.1) is 0 Å². The Hall–Kier alpha value is -2.86. The number of benzene rings is 2. The van der Waals surface area contributed by atoms with Gasteiger partial charge in [0.15, 0.2) is 0 Å². The third kappa shape index (κ3) is 5.31. The minimum absolute atomic E-state index is 0.116. The predicted molar refractivity (Wildman–Crippen MR) is 108 cm³/mol. The number of rotatable bonds is 6. The van der Waals surface area contributed by atoms with Gasteiger partial charge in [-0.05, 0) is 31.2 Å². The molecule has 27 heavy (non-hydrogen) atoms. The molecule has 0 aromatic heterocycles. The standard InChI is InChI=1S/C21H26N4O2/c1-17(19-9-5-6-10-20(19)26)22-23-21(27)11-12-24-13-15-25(16-14-24)18-7-3-2-4-8-18/h2-10,26H,11-16H2,1H3,(H,23,27)/b22-17+. The fourth-order valence-corrected chi connectivity index (χ4v) is 3.17. The molecule has 0 saturated carbocycles. The maximum absolute atomic E-state index is 12.1. The molecule has 1 fully saturated rings. The summed E-state index contributed by atoms with van der Waals surface area (Å²) in [6.45, 7) is 6.31. The van der Waals surface area contributed by atoms with Gasteiger partial charge in [-0.3, -0.25) is 9.69 Å². The molecule has 0 bridgehead atoms. The summed E-state index contributed by atoms with van der Waals surface area (Å²) in [5.41, 5.74) is 5.04. The van der Waals surface area contributed by atoms with Crippen LogP contribution in [0.3, 0.4) is 0 Å². The van der Waals surface area contributed by atoms with E-state index in [0.717, 1.165) is 32.7 Å². The third-order valence-corrected chi connectivity index (χ3v) is 4.79. The number of aromatic hydroxyl groups is 1. The van der Waals surface area contributed by atoms with Crippen molar-refractivity contribution in [1.29, 1.82) is 0 Å². The fraction of sp³-hybridized carbons (Fsp3) is 0.333. The molecule has 3 rings (SSSR count). The van der Waals surface area contributed by atoms with E-state index < -0.39 is 0 Å². The minimum Gasteiger partial charge on any atom is -0.507 e. The van der Waals surface area contributed by atoms with E-state index in [1.807, 2.05) is 12.1 Å². The van der Waals surface area contributed by atoms with Crippen molar-refractivity contribution < 1.29 is 9.90 Å². The molecule has 0 radical (unpaired) electrons. The van der Waals surface area contributed by atoms with Crippen molar-refractivity contribution in [2.75, 3.05) is 37.6 Å². The monoisotopic (exact) mass is 366 g/mol. The van der Waals surface area contributed by atoms with E-state index in [2.05, 4.69) is 44.6 Å². The van der Waals surface area contributed by atoms with Gasteiger partial charge in [0.25, 0.3) is 0 Å². The number of nitrogens with zero attached hydrogens (tertiary/aromatic N) is 3. The van der Waals surface area contributed by atoms with Crippen molar-refractivity contribution in [3.63, 3.8) is 0 Å². The number of hydrogen-bond acceptors (Lipinski definition) is 5. The minimum atomic E-state index is -0.116. The number of piperazine rings is 1. The summed E-state index contributed by atoms with van der Waals surface area (Å²) in [4.78, 5) is 16.8. The first-order chi connectivity index (χ1) is 13.1. The first kappa shape index (κ1) is 18.9. The number of carbonyl (C=O) groups is 1. The van der Waals surface area contributed by atoms with Gasteiger partial charge >= 0.3 is 0 Å². The van der Waals surface area contributed by atoms with E-state index in [1.165, 1.54) is 5.69 Å². The van der Waals surface area contributed by atoms with Gasteiger partial charge < -0.3 is 10.0 Å². The van der Waals surface area contributed by atoms with Crippen molar-refractivity contribution in [1.82, 2.24) is 10.3 Å². The second-order valence-electron chi connectivity index (χ2n) is 6.66. The Morgan fingerprint density at radius 1 is 1.04 bits per heavy atom. The number of anilines is 1. The molecule has 0 unspecified atom stereocenters. The van der Waals surface area contributed by atoms with Gasteiger partial charge in [0.1, 0.15) is 5.75 Å². The van der Waals surface area contributed by atoms with E-state index in [0.29, 0.717) is 17.7 Å². The van der Waals surface area contributed by atoms with Crippen LogP contribution in [-0.2, 0) is 4.79 Å². The Balaban J connectivity index is 1.41. The molecule has 0 atom stereocenters. The SMILES string of the molecule is C/C(=N\NC(=O)CCN1CCN(c2ccccc2)CC1)c1ccccc1O. The molecule has 1 amide bonds. The summed E-state index contributed by atoms with van der Waals surface area (Å²) >= 11 is 0. The highest BCUT2D eigenvalue weighted by molar-refractivity contribution is 6.01. The van der Waals surface area contributed by atoms with Gasteiger partial charge in [-0.25, -0.2) is 5.43 Å². The Labute approximate surface area is 160 Å². The molecule has 0 aliphatic carbocycles. The molecule has 2 aromatic carbocycles. The first-order valence-electron chi connectivity index (χ1n) is 9.27. The summed E-state index contributed by atoms with van der Waals surface area (Å²) < 4.78 is 0. The summed E-state index contributed by atoms with van der Waals surface area (Å²) in [6, 6.07) is 17.4. The van der Waals surface area contributed by atoms with Crippen LogP contribution >= 0.6 is 0 Å². The molecule has 1 saturated heterocycles. The lowest BCUT2D eigenvalue weighted by Gasteiger charge is -2.36. The second-order valence-corrected chi connectivity index (χ2v) is 6.66. The Morgan fingerprint density at radius 2 is 1.70 bits per heavy atom. The maximum Gasteiger partial charge on any atom is 0.241 e. The zero-order valence-corrected chi connectivity index (χ0v) is 15.6. The van der Waals surface area contributed by atoms with Gasteiger partial charge in [-0.2, -0.15) is 5.10 Å². The van der Waals surface area contributed by atoms with Gasteiger partial charge in [-0.1, -0.05) is 30.3 Å². The van der Waals surface area contributed by atoms with Crippen LogP contribution in [0.2, 0.25) is 0 Å². The summed E-state index contributed by atoms with van der Waals surface area (Å²) in [5.74, 6) is 0.0412. The number of phenolic OH excluding ortho intramolecular Hbond substituents is 1. The lowest BCUT2D eigenvalue weighted by Crippen LogP contribution is -2.47. The molecule has 1 aliphatic heterocycles. The average molecular weight is 366 g/mol. The van der Waals surface area contributed by atoms with Crippen LogP contribution in [0.25, 0.3) is 0 Å². The second kappa shape index (κ2) is 9.19. The molecule has 2 aromatic rings. The maximum atomic E-state index is 12.1. The average Bonchev–Trinajstić information content (AvgIpc) is 2.72. The zero-order valence-electron chi connectivity index (χ0n) is 15.6. The van der Waals surface area contributed by atoms with Crippen molar-refractivity contribution in [3.8, 4) is 5.75 Å². The molecule has 1 heterocycles. The number of amides is 1. The van der Waals surface area contributed by atoms with E-state index >= 15 is 0 Å². The molecular formula is C21H26N4O2. The first-order valence-corrected chi connectivity index (χ1v) is 9.27. The van der Waals surface area contributed by atoms with Gasteiger partial charge in [0.05, 0.1) is 5.71 Å². The lowest BCUT2D eigenvalue weighted by atomic mass is 10.1. The van der Waals surface area contributed by atoms with Gasteiger partial charge in [0, 0.05) is 50.4 Å². The van der Waals surface area contributed by atoms with Crippen LogP contribution in [0.5, 0.6) is 5.75 Å². The topological polar surface area (TPSA) is 68.2 Å². The zero-order chi connectivity index (χ0) is 19.1. The highest BCUT2D eigenvalue weighted by Crippen LogP contribution is 2.17. The van der Waals surface area contributed by atoms with Crippen molar-refractivity contribution >= 4 is 17.3 Å². The summed E-state index contributed by atoms with van der Waals surface area (Å²) in [7, 11) is 0. The van der Waals surface area contributed by atoms with Crippen molar-refractivity contribution in [3.05, 3.63) is 60.2 Å². The molecule has 1 aliphatic rings. The van der Waals surface area contributed by atoms with Crippen LogP contribution < -0.4 is 10.3 Å². The summed E-state index contributed by atoms with van der Waals surface area (Å²) in [6.07, 6.45) is 0.406. The Bertz CT molecular complexity index is 784. The molecule has 142 valence electrons. The molecule has 2 N–H and O–H groups in total. The quantitative estimate of drug-likeness (QED) is 0.609. The number of phenols is 1. The number of hydrogen-bond donors (Lipinski definition) is 2. The molecule has 6 nitrogen and oxygen atoms in total. The van der Waals surface area contributed by atoms with Crippen LogP contribution in [0.1, 0.15) is 18.9 Å². The lowest BCUT2D eigenvalue weighted by molar-refractivity contribution is -0.121. The molecular weight excluding hydrogens is 340 g/mol. The van der Waals surface area contributed by atoms with E-state index in [4.69, 9.17) is 0 Å². The normalized spacial score (nSPS) is 15.6. The highest BCUT2D eigenvalue weighted by atomic mass is 16.3. The fourth-order valence-electron chi connectivity index (χ4n) is 3.17. The largest absolute Gasteiger partial charge is 0.507 e. The Morgan fingerprint density at radius 3 is 2.41 bits per heavy atom. The molecule has 0 spiro atoms. The van der Waals surface area contributed by atoms with Crippen LogP contribution in [0, 0.1) is 0 Å². The van der Waals surface area contributed by atoms with Crippen molar-refractivity contribution in [2.45, 2.75) is 13.3 Å². The molecule has 6 heteroatoms. The van der Waals surface area contributed by atoms with E-state index in [-0.39, 0.29) is 11.7 Å².